The molecule has 1 saturated heterocycles. The van der Waals surface area contributed by atoms with Crippen molar-refractivity contribution >= 4 is 60.6 Å². The van der Waals surface area contributed by atoms with Crippen LogP contribution in [0.4, 0.5) is 40.3 Å². The van der Waals surface area contributed by atoms with Gasteiger partial charge in [0.15, 0.2) is 0 Å². The van der Waals surface area contributed by atoms with Crippen molar-refractivity contribution in [1.82, 2.24) is 20.3 Å². The maximum Gasteiger partial charge on any atom is 0.294 e. The van der Waals surface area contributed by atoms with Crippen LogP contribution in [0.2, 0.25) is 0 Å². The van der Waals surface area contributed by atoms with E-state index in [4.69, 9.17) is 4.98 Å². The van der Waals surface area contributed by atoms with Gasteiger partial charge < -0.3 is 15.5 Å². The van der Waals surface area contributed by atoms with Crippen LogP contribution in [0.3, 0.4) is 0 Å². The number of hydrogen-bond acceptors (Lipinski definition) is 14. The summed E-state index contributed by atoms with van der Waals surface area (Å²) >= 11 is 0. The second-order valence-corrected chi connectivity index (χ2v) is 13.8. The van der Waals surface area contributed by atoms with Gasteiger partial charge >= 0.3 is 0 Å². The van der Waals surface area contributed by atoms with E-state index in [2.05, 4.69) is 46.0 Å². The van der Waals surface area contributed by atoms with E-state index in [1.165, 1.54) is 0 Å². The highest BCUT2D eigenvalue weighted by Gasteiger charge is 2.19. The van der Waals surface area contributed by atoms with E-state index in [0.717, 1.165) is 55.2 Å². The van der Waals surface area contributed by atoms with E-state index < -0.39 is 30.0 Å². The van der Waals surface area contributed by atoms with Gasteiger partial charge in [0.2, 0.25) is 11.9 Å². The van der Waals surface area contributed by atoms with Crippen LogP contribution in [0.15, 0.2) is 127 Å². The van der Waals surface area contributed by atoms with Crippen LogP contribution in [0.5, 0.6) is 0 Å². The molecule has 0 unspecified atom stereocenters. The van der Waals surface area contributed by atoms with E-state index in [9.17, 15) is 25.9 Å². The molecule has 0 radical (unpaired) electrons. The van der Waals surface area contributed by atoms with Crippen molar-refractivity contribution < 1.29 is 25.9 Å². The second kappa shape index (κ2) is 14.9. The summed E-state index contributed by atoms with van der Waals surface area (Å²) in [5, 5.41) is 23.0. The highest BCUT2D eigenvalue weighted by atomic mass is 32.2. The standard InChI is InChI=1S/C32H30N10O6S2/c43-49(44,45)28-19-27(20-29(21-28)50(46,47)48)41-40-26-12-10-23(11-13-26)34-31-35-30(36-32(37-31)42-16-14-33-15-17-42)18-22-6-8-25(9-7-22)39-38-24-4-2-1-3-5-24/h1-13,19-21,33H,14-18H2,(H,43,44,45)(H,46,47,48)(H,34,35,36,37). The maximum atomic E-state index is 11.6. The fourth-order valence-electron chi connectivity index (χ4n) is 4.79. The van der Waals surface area contributed by atoms with E-state index in [0.29, 0.717) is 41.6 Å². The molecule has 0 saturated carbocycles. The predicted octanol–water partition coefficient (Wildman–Crippen LogP) is 5.94. The lowest BCUT2D eigenvalue weighted by molar-refractivity contribution is 0.481. The number of aromatic nitrogens is 3. The number of nitrogens with zero attached hydrogens (tertiary/aromatic N) is 8. The molecule has 1 aromatic heterocycles. The molecular weight excluding hydrogens is 685 g/mol. The molecule has 1 fully saturated rings. The number of azo groups is 2. The molecule has 5 aromatic rings. The summed E-state index contributed by atoms with van der Waals surface area (Å²) in [5.74, 6) is 1.46. The van der Waals surface area contributed by atoms with Crippen molar-refractivity contribution in [3.8, 4) is 0 Å². The van der Waals surface area contributed by atoms with Crippen molar-refractivity contribution in [1.29, 1.82) is 0 Å². The van der Waals surface area contributed by atoms with Gasteiger partial charge in [0, 0.05) is 38.3 Å². The average molecular weight is 715 g/mol. The summed E-state index contributed by atoms with van der Waals surface area (Å²) in [6.07, 6.45) is 0.448. The monoisotopic (exact) mass is 714 g/mol. The zero-order valence-electron chi connectivity index (χ0n) is 26.2. The number of piperazine rings is 1. The Morgan fingerprint density at radius 3 is 1.78 bits per heavy atom. The second-order valence-electron chi connectivity index (χ2n) is 11.0. The highest BCUT2D eigenvalue weighted by Crippen LogP contribution is 2.27. The number of rotatable bonds is 11. The summed E-state index contributed by atoms with van der Waals surface area (Å²) in [6.45, 7) is 3.08. The molecule has 0 atom stereocenters. The zero-order chi connectivity index (χ0) is 35.1. The van der Waals surface area contributed by atoms with E-state index in [1.54, 1.807) is 24.3 Å². The normalized spacial score (nSPS) is 14.0. The summed E-state index contributed by atoms with van der Waals surface area (Å²) in [6, 6.07) is 26.2. The van der Waals surface area contributed by atoms with Crippen LogP contribution >= 0.6 is 0 Å². The number of benzene rings is 4. The van der Waals surface area contributed by atoms with Crippen LogP contribution in [0.1, 0.15) is 11.4 Å². The van der Waals surface area contributed by atoms with Crippen molar-refractivity contribution in [2.24, 2.45) is 20.5 Å². The third-order valence-electron chi connectivity index (χ3n) is 7.27. The van der Waals surface area contributed by atoms with Crippen molar-refractivity contribution in [2.75, 3.05) is 36.4 Å². The van der Waals surface area contributed by atoms with E-state index in [-0.39, 0.29) is 5.69 Å². The van der Waals surface area contributed by atoms with E-state index in [1.807, 2.05) is 54.6 Å². The molecule has 50 heavy (non-hydrogen) atoms. The minimum atomic E-state index is -4.79. The number of nitrogens with one attached hydrogen (secondary N) is 2. The average Bonchev–Trinajstić information content (AvgIpc) is 3.11. The van der Waals surface area contributed by atoms with Gasteiger partial charge in [-0.1, -0.05) is 30.3 Å². The molecule has 6 rings (SSSR count). The Hall–Kier alpha value is -5.53. The molecule has 0 spiro atoms. The Bertz CT molecular complexity index is 2200. The maximum absolute atomic E-state index is 11.6. The Morgan fingerprint density at radius 1 is 0.660 bits per heavy atom. The fraction of sp³-hybridized carbons (Fsp3) is 0.156. The molecule has 4 aromatic carbocycles. The predicted molar refractivity (Wildman–Crippen MR) is 185 cm³/mol. The topological polar surface area (TPSA) is 224 Å². The largest absolute Gasteiger partial charge is 0.338 e. The summed E-state index contributed by atoms with van der Waals surface area (Å²) in [4.78, 5) is 14.7. The van der Waals surface area contributed by atoms with Gasteiger partial charge in [-0.25, -0.2) is 0 Å². The molecule has 1 aliphatic rings. The first-order valence-electron chi connectivity index (χ1n) is 15.1. The van der Waals surface area contributed by atoms with Crippen molar-refractivity contribution in [2.45, 2.75) is 16.2 Å². The van der Waals surface area contributed by atoms with Crippen LogP contribution in [0.25, 0.3) is 0 Å². The van der Waals surface area contributed by atoms with Crippen LogP contribution < -0.4 is 15.5 Å². The van der Waals surface area contributed by atoms with Gasteiger partial charge in [-0.05, 0) is 72.3 Å². The molecule has 1 aliphatic heterocycles. The first-order chi connectivity index (χ1) is 24.0. The minimum absolute atomic E-state index is 0.223. The van der Waals surface area contributed by atoms with Crippen LogP contribution in [0, 0.1) is 0 Å². The summed E-state index contributed by atoms with van der Waals surface area (Å²) in [5.41, 5.74) is 3.21. The Labute approximate surface area is 287 Å². The lowest BCUT2D eigenvalue weighted by Gasteiger charge is -2.27. The van der Waals surface area contributed by atoms with Gasteiger partial charge in [0.25, 0.3) is 20.2 Å². The zero-order valence-corrected chi connectivity index (χ0v) is 27.8. The molecule has 0 amide bonds. The Morgan fingerprint density at radius 2 is 1.20 bits per heavy atom. The lowest BCUT2D eigenvalue weighted by atomic mass is 10.1. The molecule has 0 aliphatic carbocycles. The number of hydrogen-bond donors (Lipinski definition) is 4. The van der Waals surface area contributed by atoms with Gasteiger partial charge in [-0.15, -0.1) is 0 Å². The summed E-state index contributed by atoms with van der Waals surface area (Å²) < 4.78 is 65.1. The molecule has 16 nitrogen and oxygen atoms in total. The fourth-order valence-corrected chi connectivity index (χ4v) is 5.96. The molecule has 256 valence electrons. The molecule has 18 heteroatoms. The SMILES string of the molecule is O=S(=O)(O)c1cc(N=Nc2ccc(Nc3nc(Cc4ccc(N=Nc5ccccc5)cc4)nc(N4CCNCC4)n3)cc2)cc(S(=O)(=O)O)c1. The molecular formula is C32H30N10O6S2. The Kier molecular flexibility index (Phi) is 10.3. The Balaban J connectivity index is 1.19. The number of anilines is 3. The molecule has 0 bridgehead atoms. The summed E-state index contributed by atoms with van der Waals surface area (Å²) in [7, 11) is -9.57. The quantitative estimate of drug-likeness (QED) is 0.0921. The smallest absolute Gasteiger partial charge is 0.294 e. The van der Waals surface area contributed by atoms with Gasteiger partial charge in [0.05, 0.1) is 32.5 Å². The van der Waals surface area contributed by atoms with Crippen molar-refractivity contribution in [3.63, 3.8) is 0 Å². The highest BCUT2D eigenvalue weighted by molar-refractivity contribution is 7.86. The van der Waals surface area contributed by atoms with Crippen molar-refractivity contribution in [3.05, 3.63) is 108 Å². The van der Waals surface area contributed by atoms with Crippen LogP contribution in [-0.4, -0.2) is 67.1 Å². The van der Waals surface area contributed by atoms with Crippen LogP contribution in [-0.2, 0) is 26.7 Å². The third-order valence-corrected chi connectivity index (χ3v) is 8.93. The molecule has 4 N–H and O–H groups in total. The third kappa shape index (κ3) is 9.33. The van der Waals surface area contributed by atoms with E-state index >= 15 is 0 Å². The lowest BCUT2D eigenvalue weighted by Crippen LogP contribution is -2.44. The van der Waals surface area contributed by atoms with Gasteiger partial charge in [0.1, 0.15) is 5.82 Å². The van der Waals surface area contributed by atoms with Gasteiger partial charge in [-0.2, -0.15) is 52.2 Å². The van der Waals surface area contributed by atoms with Gasteiger partial charge in [-0.3, -0.25) is 9.11 Å². The first-order valence-corrected chi connectivity index (χ1v) is 18.0. The first kappa shape index (κ1) is 34.3. The molecule has 2 heterocycles. The minimum Gasteiger partial charge on any atom is -0.338 e.